The van der Waals surface area contributed by atoms with Crippen molar-refractivity contribution in [2.75, 3.05) is 0 Å². The Balaban J connectivity index is 2.14. The topological polar surface area (TPSA) is 33.4 Å². The number of hydrogen-bond donors (Lipinski definition) is 1. The molecule has 0 bridgehead atoms. The maximum atomic E-state index is 10.1. The first-order valence-corrected chi connectivity index (χ1v) is 7.70. The number of hydrogen-bond acceptors (Lipinski definition) is 3. The Kier molecular flexibility index (Phi) is 5.20. The third-order valence-electron chi connectivity index (χ3n) is 3.57. The van der Waals surface area contributed by atoms with Crippen LogP contribution in [0.1, 0.15) is 57.6 Å². The average molecular weight is 278 g/mol. The molecule has 1 aromatic heterocycles. The van der Waals surface area contributed by atoms with Crippen molar-refractivity contribution in [3.05, 3.63) is 20.9 Å². The fourth-order valence-corrected chi connectivity index (χ4v) is 2.75. The minimum atomic E-state index is 0.177. The highest BCUT2D eigenvalue weighted by Gasteiger charge is 2.09. The highest BCUT2D eigenvalue weighted by atomic mass is 32.1. The van der Waals surface area contributed by atoms with Crippen LogP contribution in [0.5, 0.6) is 5.75 Å². The average Bonchev–Trinajstić information content (AvgIpc) is 2.44. The molecule has 2 rings (SSSR count). The summed E-state index contributed by atoms with van der Waals surface area (Å²) in [5.74, 6) is 0.836. The van der Waals surface area contributed by atoms with Crippen molar-refractivity contribution in [3.8, 4) is 5.75 Å². The van der Waals surface area contributed by atoms with Crippen LogP contribution in [0.3, 0.4) is 0 Å². The van der Waals surface area contributed by atoms with E-state index < -0.39 is 0 Å². The molecule has 0 spiro atoms. The minimum Gasteiger partial charge on any atom is -0.503 e. The lowest BCUT2D eigenvalue weighted by Gasteiger charge is -2.07. The second kappa shape index (κ2) is 6.90. The molecule has 3 heteroatoms. The lowest BCUT2D eigenvalue weighted by Crippen LogP contribution is -2.28. The molecule has 0 aromatic carbocycles. The highest BCUT2D eigenvalue weighted by Crippen LogP contribution is 2.18. The van der Waals surface area contributed by atoms with Gasteiger partial charge >= 0.3 is 0 Å². The van der Waals surface area contributed by atoms with Crippen LogP contribution in [-0.2, 0) is 6.42 Å². The van der Waals surface area contributed by atoms with E-state index in [4.69, 9.17) is 16.6 Å². The molecule has 0 unspecified atom stereocenters. The SMILES string of the molecule is CCCCCCCc1oc2c(c(=S)c1O)=CCCC=2. The summed E-state index contributed by atoms with van der Waals surface area (Å²) in [6.07, 6.45) is 12.9. The van der Waals surface area contributed by atoms with Crippen LogP contribution in [0, 0.1) is 4.51 Å². The first-order chi connectivity index (χ1) is 9.24. The summed E-state index contributed by atoms with van der Waals surface area (Å²) in [7, 11) is 0. The number of aromatic hydroxyl groups is 1. The zero-order chi connectivity index (χ0) is 13.7. The van der Waals surface area contributed by atoms with Crippen molar-refractivity contribution in [1.29, 1.82) is 0 Å². The maximum Gasteiger partial charge on any atom is 0.173 e. The number of unbranched alkanes of at least 4 members (excludes halogenated alkanes) is 4. The van der Waals surface area contributed by atoms with Gasteiger partial charge in [-0.15, -0.1) is 0 Å². The predicted molar refractivity (Wildman–Crippen MR) is 81.1 cm³/mol. The van der Waals surface area contributed by atoms with Crippen LogP contribution in [0.4, 0.5) is 0 Å². The lowest BCUT2D eigenvalue weighted by molar-refractivity contribution is 0.380. The van der Waals surface area contributed by atoms with Crippen LogP contribution in [-0.4, -0.2) is 5.11 Å². The van der Waals surface area contributed by atoms with Gasteiger partial charge in [-0.25, -0.2) is 0 Å². The van der Waals surface area contributed by atoms with Gasteiger partial charge in [0.25, 0.3) is 0 Å². The van der Waals surface area contributed by atoms with Gasteiger partial charge in [0.1, 0.15) is 11.2 Å². The largest absolute Gasteiger partial charge is 0.503 e. The smallest absolute Gasteiger partial charge is 0.173 e. The minimum absolute atomic E-state index is 0.177. The Labute approximate surface area is 119 Å². The standard InChI is InChI=1S/C16H22O2S/c1-2-3-4-5-6-11-14-15(17)16(19)12-9-7-8-10-13(12)18-14/h9-10,17H,2-8,11H2,1H3. The second-order valence-corrected chi connectivity index (χ2v) is 5.54. The molecular weight excluding hydrogens is 256 g/mol. The zero-order valence-electron chi connectivity index (χ0n) is 11.6. The molecule has 1 heterocycles. The van der Waals surface area contributed by atoms with E-state index >= 15 is 0 Å². The van der Waals surface area contributed by atoms with E-state index in [9.17, 15) is 5.11 Å². The summed E-state index contributed by atoms with van der Waals surface area (Å²) in [4.78, 5) is 0. The summed E-state index contributed by atoms with van der Waals surface area (Å²) in [6, 6.07) is 0. The van der Waals surface area contributed by atoms with Crippen molar-refractivity contribution < 1.29 is 9.52 Å². The van der Waals surface area contributed by atoms with Gasteiger partial charge in [-0.2, -0.15) is 0 Å². The van der Waals surface area contributed by atoms with E-state index in [-0.39, 0.29) is 5.75 Å². The van der Waals surface area contributed by atoms with Crippen LogP contribution < -0.4 is 10.6 Å². The van der Waals surface area contributed by atoms with E-state index in [1.165, 1.54) is 25.7 Å². The van der Waals surface area contributed by atoms with Crippen molar-refractivity contribution in [1.82, 2.24) is 0 Å². The van der Waals surface area contributed by atoms with E-state index in [0.29, 0.717) is 10.3 Å². The van der Waals surface area contributed by atoms with E-state index in [1.807, 2.05) is 0 Å². The molecule has 0 radical (unpaired) electrons. The maximum absolute atomic E-state index is 10.1. The molecule has 0 saturated heterocycles. The Bertz CT molecular complexity index is 598. The molecule has 19 heavy (non-hydrogen) atoms. The van der Waals surface area contributed by atoms with Gasteiger partial charge in [0.15, 0.2) is 5.75 Å². The van der Waals surface area contributed by atoms with Crippen LogP contribution in [0.2, 0.25) is 0 Å². The van der Waals surface area contributed by atoms with Gasteiger partial charge < -0.3 is 9.52 Å². The number of aryl methyl sites for hydroxylation is 1. The first kappa shape index (κ1) is 14.3. The third-order valence-corrected chi connectivity index (χ3v) is 3.99. The molecule has 1 N–H and O–H groups in total. The molecule has 0 aliphatic heterocycles. The van der Waals surface area contributed by atoms with Gasteiger partial charge in [0, 0.05) is 11.6 Å². The van der Waals surface area contributed by atoms with Crippen LogP contribution in [0.15, 0.2) is 4.42 Å². The summed E-state index contributed by atoms with van der Waals surface area (Å²) in [6.45, 7) is 2.21. The Morgan fingerprint density at radius 1 is 1.16 bits per heavy atom. The van der Waals surface area contributed by atoms with Gasteiger partial charge in [0.2, 0.25) is 0 Å². The molecule has 1 aromatic rings. The molecule has 0 fully saturated rings. The second-order valence-electron chi connectivity index (χ2n) is 5.13. The molecule has 0 atom stereocenters. The highest BCUT2D eigenvalue weighted by molar-refractivity contribution is 7.71. The van der Waals surface area contributed by atoms with E-state index in [1.54, 1.807) is 0 Å². The third kappa shape index (κ3) is 3.47. The molecule has 1 aliphatic rings. The molecule has 2 nitrogen and oxygen atoms in total. The van der Waals surface area contributed by atoms with Crippen molar-refractivity contribution in [2.45, 2.75) is 58.3 Å². The quantitative estimate of drug-likeness (QED) is 0.638. The molecule has 0 saturated carbocycles. The number of rotatable bonds is 6. The fraction of sp³-hybridized carbons (Fsp3) is 0.562. The van der Waals surface area contributed by atoms with Gasteiger partial charge in [0.05, 0.1) is 4.51 Å². The van der Waals surface area contributed by atoms with Crippen LogP contribution >= 0.6 is 12.2 Å². The molecule has 0 amide bonds. The van der Waals surface area contributed by atoms with Crippen molar-refractivity contribution in [3.63, 3.8) is 0 Å². The Morgan fingerprint density at radius 2 is 1.89 bits per heavy atom. The zero-order valence-corrected chi connectivity index (χ0v) is 12.4. The van der Waals surface area contributed by atoms with Crippen LogP contribution in [0.25, 0.3) is 12.2 Å². The summed E-state index contributed by atoms with van der Waals surface area (Å²) >= 11 is 5.33. The normalized spacial score (nSPS) is 13.5. The summed E-state index contributed by atoms with van der Waals surface area (Å²) in [5, 5.41) is 11.0. The lowest BCUT2D eigenvalue weighted by atomic mass is 10.1. The van der Waals surface area contributed by atoms with Crippen molar-refractivity contribution >= 4 is 24.4 Å². The summed E-state index contributed by atoms with van der Waals surface area (Å²) < 4.78 is 6.37. The fourth-order valence-electron chi connectivity index (χ4n) is 2.45. The monoisotopic (exact) mass is 278 g/mol. The Hall–Kier alpha value is -1.09. The van der Waals surface area contributed by atoms with Gasteiger partial charge in [-0.3, -0.25) is 0 Å². The first-order valence-electron chi connectivity index (χ1n) is 7.29. The molecule has 104 valence electrons. The number of fused-ring (bicyclic) bond motifs is 1. The van der Waals surface area contributed by atoms with E-state index in [2.05, 4.69) is 19.1 Å². The summed E-state index contributed by atoms with van der Waals surface area (Å²) in [5.41, 5.74) is 0.845. The molecular formula is C16H22O2S. The Morgan fingerprint density at radius 3 is 2.68 bits per heavy atom. The van der Waals surface area contributed by atoms with Gasteiger partial charge in [-0.1, -0.05) is 50.9 Å². The van der Waals surface area contributed by atoms with E-state index in [0.717, 1.165) is 36.3 Å². The predicted octanol–water partition coefficient (Wildman–Crippen LogP) is 3.58. The van der Waals surface area contributed by atoms with Gasteiger partial charge in [-0.05, 0) is 25.3 Å². The molecule has 1 aliphatic carbocycles. The van der Waals surface area contributed by atoms with Crippen molar-refractivity contribution in [2.24, 2.45) is 0 Å².